The fraction of sp³-hybridized carbons (Fsp3) is 0.267. The highest BCUT2D eigenvalue weighted by molar-refractivity contribution is 9.10. The van der Waals surface area contributed by atoms with Crippen LogP contribution in [0.1, 0.15) is 22.3 Å². The molecule has 0 spiro atoms. The summed E-state index contributed by atoms with van der Waals surface area (Å²) in [6, 6.07) is 3.42. The molecule has 1 aromatic heterocycles. The van der Waals surface area contributed by atoms with Crippen molar-refractivity contribution in [3.05, 3.63) is 51.3 Å². The van der Waals surface area contributed by atoms with Crippen molar-refractivity contribution in [2.24, 2.45) is 0 Å². The van der Waals surface area contributed by atoms with E-state index in [2.05, 4.69) is 15.9 Å². The van der Waals surface area contributed by atoms with Crippen LogP contribution in [0.5, 0.6) is 5.75 Å². The number of rotatable bonds is 4. The SMILES string of the molecule is Cc1cc(C)c(S(=O)(=O)[O-])c(C)c1COc1cc(Br)c[n+](N)c1. The van der Waals surface area contributed by atoms with Crippen molar-refractivity contribution >= 4 is 26.0 Å². The van der Waals surface area contributed by atoms with Crippen molar-refractivity contribution < 1.29 is 22.4 Å². The van der Waals surface area contributed by atoms with E-state index in [1.165, 1.54) is 4.68 Å². The molecule has 2 N–H and O–H groups in total. The van der Waals surface area contributed by atoms with Gasteiger partial charge in [0.2, 0.25) is 12.4 Å². The van der Waals surface area contributed by atoms with E-state index in [4.69, 9.17) is 10.6 Å². The second kappa shape index (κ2) is 6.46. The molecular formula is C15H17BrN2O4S. The average molecular weight is 401 g/mol. The Hall–Kier alpha value is -1.64. The van der Waals surface area contributed by atoms with Crippen LogP contribution in [-0.2, 0) is 16.7 Å². The molecule has 1 heterocycles. The number of hydrogen-bond acceptors (Lipinski definition) is 5. The number of pyridine rings is 1. The minimum atomic E-state index is -4.54. The molecule has 0 bridgehead atoms. The monoisotopic (exact) mass is 400 g/mol. The van der Waals surface area contributed by atoms with Gasteiger partial charge in [-0.25, -0.2) is 14.3 Å². The summed E-state index contributed by atoms with van der Waals surface area (Å²) in [4.78, 5) is -0.176. The molecule has 0 radical (unpaired) electrons. The Morgan fingerprint density at radius 1 is 1.22 bits per heavy atom. The zero-order chi connectivity index (χ0) is 17.4. The van der Waals surface area contributed by atoms with Crippen LogP contribution >= 0.6 is 15.9 Å². The summed E-state index contributed by atoms with van der Waals surface area (Å²) in [5, 5.41) is 0. The maximum absolute atomic E-state index is 11.5. The van der Waals surface area contributed by atoms with Gasteiger partial charge in [0.1, 0.15) is 16.7 Å². The van der Waals surface area contributed by atoms with E-state index in [1.807, 2.05) is 6.92 Å². The molecule has 0 saturated carbocycles. The molecule has 0 amide bonds. The lowest BCUT2D eigenvalue weighted by Crippen LogP contribution is -2.43. The number of nitrogens with zero attached hydrogens (tertiary/aromatic N) is 1. The van der Waals surface area contributed by atoms with Crippen molar-refractivity contribution in [2.45, 2.75) is 32.3 Å². The highest BCUT2D eigenvalue weighted by atomic mass is 79.9. The van der Waals surface area contributed by atoms with Crippen molar-refractivity contribution in [2.75, 3.05) is 5.84 Å². The molecule has 23 heavy (non-hydrogen) atoms. The minimum absolute atomic E-state index is 0.136. The second-order valence-corrected chi connectivity index (χ2v) is 7.56. The summed E-state index contributed by atoms with van der Waals surface area (Å²) in [6.07, 6.45) is 3.26. The maximum Gasteiger partial charge on any atom is 0.240 e. The fourth-order valence-electron chi connectivity index (χ4n) is 2.58. The smallest absolute Gasteiger partial charge is 0.240 e. The quantitative estimate of drug-likeness (QED) is 0.479. The molecule has 8 heteroatoms. The molecule has 2 rings (SSSR count). The van der Waals surface area contributed by atoms with Crippen LogP contribution in [0.15, 0.2) is 33.9 Å². The van der Waals surface area contributed by atoms with E-state index in [1.54, 1.807) is 38.4 Å². The maximum atomic E-state index is 11.5. The van der Waals surface area contributed by atoms with Crippen molar-refractivity contribution in [1.29, 1.82) is 0 Å². The Balaban J connectivity index is 2.40. The number of benzene rings is 1. The Labute approximate surface area is 143 Å². The molecule has 6 nitrogen and oxygen atoms in total. The molecule has 0 aliphatic rings. The highest BCUT2D eigenvalue weighted by Crippen LogP contribution is 2.27. The third-order valence-electron chi connectivity index (χ3n) is 3.52. The van der Waals surface area contributed by atoms with E-state index in [0.717, 1.165) is 10.0 Å². The number of nitrogens with two attached hydrogens (primary N) is 1. The Kier molecular flexibility index (Phi) is 4.98. The van der Waals surface area contributed by atoms with Gasteiger partial charge in [-0.3, -0.25) is 0 Å². The normalized spacial score (nSPS) is 11.5. The number of aromatic nitrogens is 1. The average Bonchev–Trinajstić information content (AvgIpc) is 2.34. The van der Waals surface area contributed by atoms with Gasteiger partial charge in [-0.05, 0) is 59.0 Å². The van der Waals surface area contributed by atoms with Crippen LogP contribution in [0.25, 0.3) is 0 Å². The summed E-state index contributed by atoms with van der Waals surface area (Å²) in [7, 11) is -4.54. The van der Waals surface area contributed by atoms with E-state index in [9.17, 15) is 13.0 Å². The first-order valence-corrected chi connectivity index (χ1v) is 8.95. The lowest BCUT2D eigenvalue weighted by atomic mass is 10.0. The van der Waals surface area contributed by atoms with E-state index < -0.39 is 10.1 Å². The molecule has 0 unspecified atom stereocenters. The summed E-state index contributed by atoms with van der Waals surface area (Å²) in [5.41, 5.74) is 2.41. The lowest BCUT2D eigenvalue weighted by Gasteiger charge is -2.19. The molecular weight excluding hydrogens is 384 g/mol. The van der Waals surface area contributed by atoms with E-state index >= 15 is 0 Å². The predicted molar refractivity (Wildman–Crippen MR) is 87.4 cm³/mol. The van der Waals surface area contributed by atoms with Gasteiger partial charge in [0, 0.05) is 6.07 Å². The van der Waals surface area contributed by atoms with E-state index in [0.29, 0.717) is 22.4 Å². The molecule has 0 aliphatic carbocycles. The van der Waals surface area contributed by atoms with Gasteiger partial charge in [0.25, 0.3) is 0 Å². The Morgan fingerprint density at radius 3 is 2.43 bits per heavy atom. The molecule has 0 fully saturated rings. The summed E-state index contributed by atoms with van der Waals surface area (Å²) < 4.78 is 42.2. The van der Waals surface area contributed by atoms with Gasteiger partial charge in [0.15, 0.2) is 5.75 Å². The molecule has 2 aromatic rings. The van der Waals surface area contributed by atoms with Crippen molar-refractivity contribution in [1.82, 2.24) is 0 Å². The zero-order valence-corrected chi connectivity index (χ0v) is 15.4. The zero-order valence-electron chi connectivity index (χ0n) is 13.0. The van der Waals surface area contributed by atoms with Gasteiger partial charge >= 0.3 is 0 Å². The summed E-state index contributed by atoms with van der Waals surface area (Å²) in [5.74, 6) is 6.20. The number of ether oxygens (including phenoxy) is 1. The first-order valence-electron chi connectivity index (χ1n) is 6.75. The Bertz CT molecular complexity index is 846. The highest BCUT2D eigenvalue weighted by Gasteiger charge is 2.16. The van der Waals surface area contributed by atoms with Crippen molar-refractivity contribution in [3.8, 4) is 5.75 Å². The largest absolute Gasteiger partial charge is 0.744 e. The second-order valence-electron chi connectivity index (χ2n) is 5.32. The van der Waals surface area contributed by atoms with Crippen LogP contribution in [0.3, 0.4) is 0 Å². The molecule has 0 atom stereocenters. The van der Waals surface area contributed by atoms with Gasteiger partial charge in [-0.1, -0.05) is 10.7 Å². The van der Waals surface area contributed by atoms with Crippen LogP contribution in [0, 0.1) is 20.8 Å². The van der Waals surface area contributed by atoms with Crippen LogP contribution < -0.4 is 15.3 Å². The topological polar surface area (TPSA) is 96.3 Å². The summed E-state index contributed by atoms with van der Waals surface area (Å²) >= 11 is 3.31. The number of hydrogen-bond donors (Lipinski definition) is 1. The third-order valence-corrected chi connectivity index (χ3v) is 5.08. The van der Waals surface area contributed by atoms with Gasteiger partial charge in [0.05, 0.1) is 9.37 Å². The standard InChI is InChI=1S/C15H17BrN2O4S/c1-9-4-10(2)15(23(19,20)21)11(3)14(9)8-22-13-5-12(16)6-18(17)7-13/h4-7H,8,17H2,1-3H3. The van der Waals surface area contributed by atoms with Gasteiger partial charge < -0.3 is 9.29 Å². The van der Waals surface area contributed by atoms with Crippen LogP contribution in [-0.4, -0.2) is 13.0 Å². The van der Waals surface area contributed by atoms with E-state index in [-0.39, 0.29) is 11.5 Å². The summed E-state index contributed by atoms with van der Waals surface area (Å²) in [6.45, 7) is 5.22. The Morgan fingerprint density at radius 2 is 1.87 bits per heavy atom. The molecule has 0 aliphatic heterocycles. The molecule has 0 saturated heterocycles. The van der Waals surface area contributed by atoms with Gasteiger partial charge in [-0.15, -0.1) is 0 Å². The van der Waals surface area contributed by atoms with Gasteiger partial charge in [-0.2, -0.15) is 0 Å². The van der Waals surface area contributed by atoms with Crippen LogP contribution in [0.4, 0.5) is 0 Å². The minimum Gasteiger partial charge on any atom is -0.744 e. The number of aryl methyl sites for hydroxylation is 2. The number of halogens is 1. The lowest BCUT2D eigenvalue weighted by molar-refractivity contribution is -0.639. The number of nitrogen functional groups attached to an aromatic ring is 1. The first kappa shape index (κ1) is 17.7. The molecule has 124 valence electrons. The first-order chi connectivity index (χ1) is 10.6. The fourth-order valence-corrected chi connectivity index (χ4v) is 4.00. The van der Waals surface area contributed by atoms with Crippen LogP contribution in [0.2, 0.25) is 0 Å². The molecule has 1 aromatic carbocycles. The predicted octanol–water partition coefficient (Wildman–Crippen LogP) is 1.86. The van der Waals surface area contributed by atoms with Crippen molar-refractivity contribution in [3.63, 3.8) is 0 Å². The third kappa shape index (κ3) is 4.01.